The second-order valence-electron chi connectivity index (χ2n) is 2.38. The van der Waals surface area contributed by atoms with Crippen molar-refractivity contribution in [2.75, 3.05) is 0 Å². The monoisotopic (exact) mass is 181 g/mol. The normalized spacial score (nSPS) is 12.6. The lowest BCUT2D eigenvalue weighted by Crippen LogP contribution is -1.97. The lowest BCUT2D eigenvalue weighted by molar-refractivity contribution is 0.319. The first-order chi connectivity index (χ1) is 5.83. The molecule has 1 N–H and O–H groups in total. The molecular weight excluding hydrogens is 174 g/mol. The number of thiazole rings is 1. The summed E-state index contributed by atoms with van der Waals surface area (Å²) < 4.78 is 1.89. The maximum absolute atomic E-state index is 8.55. The van der Waals surface area contributed by atoms with Crippen LogP contribution in [0.1, 0.15) is 12.6 Å². The highest BCUT2D eigenvalue weighted by Gasteiger charge is 2.06. The summed E-state index contributed by atoms with van der Waals surface area (Å²) in [6.45, 7) is 1.74. The van der Waals surface area contributed by atoms with Gasteiger partial charge in [-0.25, -0.2) is 4.98 Å². The molecule has 4 nitrogen and oxygen atoms in total. The summed E-state index contributed by atoms with van der Waals surface area (Å²) in [5, 5.41) is 13.6. The number of fused-ring (bicyclic) bond motifs is 1. The fourth-order valence-corrected chi connectivity index (χ4v) is 1.74. The van der Waals surface area contributed by atoms with E-state index in [4.69, 9.17) is 5.21 Å². The van der Waals surface area contributed by atoms with Gasteiger partial charge in [-0.05, 0) is 6.92 Å². The molecule has 0 aliphatic carbocycles. The van der Waals surface area contributed by atoms with E-state index in [1.807, 2.05) is 16.0 Å². The molecule has 62 valence electrons. The molecule has 0 saturated heterocycles. The van der Waals surface area contributed by atoms with E-state index in [2.05, 4.69) is 10.1 Å². The van der Waals surface area contributed by atoms with E-state index in [1.54, 1.807) is 24.5 Å². The van der Waals surface area contributed by atoms with Crippen molar-refractivity contribution in [3.8, 4) is 0 Å². The van der Waals surface area contributed by atoms with E-state index in [0.717, 1.165) is 10.7 Å². The number of rotatable bonds is 1. The molecule has 0 aromatic carbocycles. The standard InChI is InChI=1S/C7H7N3OS/c1-5(9-11)6-4-8-7-10(6)2-3-12-7/h2-4,11H,1H3/b9-5+. The molecule has 12 heavy (non-hydrogen) atoms. The predicted molar refractivity (Wildman–Crippen MR) is 47.1 cm³/mol. The van der Waals surface area contributed by atoms with Crippen molar-refractivity contribution in [2.24, 2.45) is 5.16 Å². The molecule has 0 fully saturated rings. The highest BCUT2D eigenvalue weighted by Crippen LogP contribution is 2.12. The van der Waals surface area contributed by atoms with Gasteiger partial charge in [-0.15, -0.1) is 11.3 Å². The summed E-state index contributed by atoms with van der Waals surface area (Å²) in [6.07, 6.45) is 3.60. The SMILES string of the molecule is C/C(=N\O)c1cnc2sccn12. The van der Waals surface area contributed by atoms with Gasteiger partial charge in [0.05, 0.1) is 11.9 Å². The molecule has 0 spiro atoms. The minimum absolute atomic E-state index is 0.570. The molecule has 0 aliphatic rings. The van der Waals surface area contributed by atoms with Gasteiger partial charge >= 0.3 is 0 Å². The number of aromatic nitrogens is 2. The number of imidazole rings is 1. The van der Waals surface area contributed by atoms with Crippen molar-refractivity contribution < 1.29 is 5.21 Å². The van der Waals surface area contributed by atoms with E-state index in [9.17, 15) is 0 Å². The molecule has 0 atom stereocenters. The van der Waals surface area contributed by atoms with Gasteiger partial charge in [0, 0.05) is 11.6 Å². The average molecular weight is 181 g/mol. The van der Waals surface area contributed by atoms with E-state index in [-0.39, 0.29) is 0 Å². The van der Waals surface area contributed by atoms with Crippen LogP contribution in [0.4, 0.5) is 0 Å². The lowest BCUT2D eigenvalue weighted by atomic mass is 10.3. The summed E-state index contributed by atoms with van der Waals surface area (Å²) in [7, 11) is 0. The molecule has 2 heterocycles. The Balaban J connectivity index is 2.69. The largest absolute Gasteiger partial charge is 0.411 e. The summed E-state index contributed by atoms with van der Waals surface area (Å²) in [6, 6.07) is 0. The van der Waals surface area contributed by atoms with Crippen molar-refractivity contribution in [3.63, 3.8) is 0 Å². The Morgan fingerprint density at radius 3 is 3.33 bits per heavy atom. The molecule has 0 unspecified atom stereocenters. The van der Waals surface area contributed by atoms with Gasteiger partial charge in [-0.3, -0.25) is 4.40 Å². The summed E-state index contributed by atoms with van der Waals surface area (Å²) in [4.78, 5) is 5.05. The van der Waals surface area contributed by atoms with Crippen molar-refractivity contribution in [1.29, 1.82) is 0 Å². The molecule has 0 amide bonds. The molecule has 0 radical (unpaired) electrons. The maximum atomic E-state index is 8.55. The second kappa shape index (κ2) is 2.60. The van der Waals surface area contributed by atoms with Crippen LogP contribution in [-0.4, -0.2) is 20.3 Å². The smallest absolute Gasteiger partial charge is 0.194 e. The Hall–Kier alpha value is -1.36. The molecule has 0 bridgehead atoms. The van der Waals surface area contributed by atoms with Gasteiger partial charge in [0.1, 0.15) is 5.71 Å². The van der Waals surface area contributed by atoms with E-state index in [0.29, 0.717) is 5.71 Å². The molecular formula is C7H7N3OS. The molecule has 0 aliphatic heterocycles. The van der Waals surface area contributed by atoms with Crippen molar-refractivity contribution in [2.45, 2.75) is 6.92 Å². The average Bonchev–Trinajstić information content (AvgIpc) is 2.62. The zero-order valence-electron chi connectivity index (χ0n) is 6.43. The van der Waals surface area contributed by atoms with Gasteiger partial charge in [0.15, 0.2) is 4.96 Å². The summed E-state index contributed by atoms with van der Waals surface area (Å²) >= 11 is 1.55. The summed E-state index contributed by atoms with van der Waals surface area (Å²) in [5.74, 6) is 0. The maximum Gasteiger partial charge on any atom is 0.194 e. The van der Waals surface area contributed by atoms with Crippen LogP contribution in [0.3, 0.4) is 0 Å². The van der Waals surface area contributed by atoms with E-state index < -0.39 is 0 Å². The van der Waals surface area contributed by atoms with Gasteiger partial charge < -0.3 is 5.21 Å². The minimum atomic E-state index is 0.570. The van der Waals surface area contributed by atoms with Crippen LogP contribution in [0.2, 0.25) is 0 Å². The highest BCUT2D eigenvalue weighted by molar-refractivity contribution is 7.15. The van der Waals surface area contributed by atoms with Gasteiger partial charge in [0.25, 0.3) is 0 Å². The number of hydrogen-bond acceptors (Lipinski definition) is 4. The number of nitrogens with zero attached hydrogens (tertiary/aromatic N) is 3. The van der Waals surface area contributed by atoms with Crippen molar-refractivity contribution >= 4 is 22.0 Å². The molecule has 5 heteroatoms. The van der Waals surface area contributed by atoms with Gasteiger partial charge in [-0.1, -0.05) is 5.16 Å². The number of oxime groups is 1. The first kappa shape index (κ1) is 7.30. The Bertz CT molecular complexity index is 428. The third-order valence-corrected chi connectivity index (χ3v) is 2.44. The fraction of sp³-hybridized carbons (Fsp3) is 0.143. The quantitative estimate of drug-likeness (QED) is 0.412. The minimum Gasteiger partial charge on any atom is -0.411 e. The van der Waals surface area contributed by atoms with Gasteiger partial charge in [0.2, 0.25) is 0 Å². The Morgan fingerprint density at radius 1 is 1.75 bits per heavy atom. The molecule has 2 aromatic heterocycles. The predicted octanol–water partition coefficient (Wildman–Crippen LogP) is 1.59. The molecule has 0 saturated carbocycles. The van der Waals surface area contributed by atoms with E-state index in [1.165, 1.54) is 0 Å². The Kier molecular flexibility index (Phi) is 1.58. The Labute approximate surface area is 72.8 Å². The third kappa shape index (κ3) is 0.902. The van der Waals surface area contributed by atoms with Crippen molar-refractivity contribution in [3.05, 3.63) is 23.5 Å². The highest BCUT2D eigenvalue weighted by atomic mass is 32.1. The topological polar surface area (TPSA) is 49.9 Å². The zero-order chi connectivity index (χ0) is 8.55. The summed E-state index contributed by atoms with van der Waals surface area (Å²) in [5.41, 5.74) is 1.40. The fourth-order valence-electron chi connectivity index (χ4n) is 1.05. The van der Waals surface area contributed by atoms with Crippen LogP contribution in [0.15, 0.2) is 22.9 Å². The van der Waals surface area contributed by atoms with E-state index >= 15 is 0 Å². The first-order valence-electron chi connectivity index (χ1n) is 3.42. The van der Waals surface area contributed by atoms with Crippen LogP contribution in [-0.2, 0) is 0 Å². The van der Waals surface area contributed by atoms with Crippen LogP contribution >= 0.6 is 11.3 Å². The Morgan fingerprint density at radius 2 is 2.58 bits per heavy atom. The van der Waals surface area contributed by atoms with Gasteiger partial charge in [-0.2, -0.15) is 0 Å². The molecule has 2 rings (SSSR count). The van der Waals surface area contributed by atoms with Crippen LogP contribution < -0.4 is 0 Å². The van der Waals surface area contributed by atoms with Crippen LogP contribution in [0.25, 0.3) is 4.96 Å². The number of hydrogen-bond donors (Lipinski definition) is 1. The lowest BCUT2D eigenvalue weighted by Gasteiger charge is -1.92. The zero-order valence-corrected chi connectivity index (χ0v) is 7.25. The molecule has 2 aromatic rings. The third-order valence-electron chi connectivity index (χ3n) is 1.67. The second-order valence-corrected chi connectivity index (χ2v) is 3.26. The van der Waals surface area contributed by atoms with Crippen LogP contribution in [0.5, 0.6) is 0 Å². The van der Waals surface area contributed by atoms with Crippen LogP contribution in [0, 0.1) is 0 Å². The van der Waals surface area contributed by atoms with Crippen molar-refractivity contribution in [1.82, 2.24) is 9.38 Å². The first-order valence-corrected chi connectivity index (χ1v) is 4.30.